The minimum atomic E-state index is -0.407. The van der Waals surface area contributed by atoms with E-state index in [0.29, 0.717) is 5.75 Å². The molecule has 2 aromatic carbocycles. The summed E-state index contributed by atoms with van der Waals surface area (Å²) in [4.78, 5) is 23.6. The van der Waals surface area contributed by atoms with Crippen molar-refractivity contribution >= 4 is 11.8 Å². The number of amides is 2. The number of rotatable bonds is 5. The molecule has 0 aliphatic heterocycles. The van der Waals surface area contributed by atoms with Gasteiger partial charge in [-0.05, 0) is 37.5 Å². The van der Waals surface area contributed by atoms with E-state index < -0.39 is 5.91 Å². The van der Waals surface area contributed by atoms with Crippen molar-refractivity contribution in [1.29, 1.82) is 0 Å². The molecule has 0 bridgehead atoms. The predicted octanol–water partition coefficient (Wildman–Crippen LogP) is 2.38. The molecule has 2 N–H and O–H groups in total. The molecule has 2 aromatic rings. The second-order valence-electron chi connectivity index (χ2n) is 5.77. The molecular weight excluding hydrogens is 304 g/mol. The highest BCUT2D eigenvalue weighted by Crippen LogP contribution is 2.21. The molecule has 0 saturated carbocycles. The highest BCUT2D eigenvalue weighted by Gasteiger charge is 2.09. The molecule has 5 nitrogen and oxygen atoms in total. The lowest BCUT2D eigenvalue weighted by atomic mass is 10.1. The zero-order valence-corrected chi connectivity index (χ0v) is 14.2. The molecule has 0 aromatic heterocycles. The van der Waals surface area contributed by atoms with Crippen LogP contribution in [0.1, 0.15) is 22.3 Å². The van der Waals surface area contributed by atoms with Crippen molar-refractivity contribution in [3.8, 4) is 5.75 Å². The number of ether oxygens (including phenoxy) is 1. The molecular formula is C19H22N2O3. The standard InChI is InChI=1S/C19H22N2O3/c1-13-7-9-16(10-8-13)11-17(22)20-21-18(23)12-24-19-14(2)5-4-6-15(19)3/h4-10H,11-12H2,1-3H3,(H,20,22)(H,21,23). The number of carbonyl (C=O) groups is 2. The van der Waals surface area contributed by atoms with E-state index in [-0.39, 0.29) is 18.9 Å². The van der Waals surface area contributed by atoms with Crippen LogP contribution in [0.2, 0.25) is 0 Å². The fourth-order valence-corrected chi connectivity index (χ4v) is 2.28. The molecule has 0 aliphatic rings. The smallest absolute Gasteiger partial charge is 0.276 e. The van der Waals surface area contributed by atoms with Gasteiger partial charge in [-0.25, -0.2) is 0 Å². The number of aryl methyl sites for hydroxylation is 3. The van der Waals surface area contributed by atoms with Crippen LogP contribution in [0, 0.1) is 20.8 Å². The lowest BCUT2D eigenvalue weighted by molar-refractivity contribution is -0.129. The van der Waals surface area contributed by atoms with E-state index in [1.165, 1.54) is 0 Å². The number of hydrogen-bond acceptors (Lipinski definition) is 3. The average Bonchev–Trinajstić information content (AvgIpc) is 2.54. The van der Waals surface area contributed by atoms with E-state index in [2.05, 4.69) is 10.9 Å². The predicted molar refractivity (Wildman–Crippen MR) is 92.6 cm³/mol. The van der Waals surface area contributed by atoms with Crippen molar-refractivity contribution in [3.05, 3.63) is 64.7 Å². The SMILES string of the molecule is Cc1ccc(CC(=O)NNC(=O)COc2c(C)cccc2C)cc1. The lowest BCUT2D eigenvalue weighted by Crippen LogP contribution is -2.44. The lowest BCUT2D eigenvalue weighted by Gasteiger charge is -2.12. The molecule has 24 heavy (non-hydrogen) atoms. The Balaban J connectivity index is 1.76. The summed E-state index contributed by atoms with van der Waals surface area (Å²) in [6, 6.07) is 13.4. The largest absolute Gasteiger partial charge is 0.483 e. The third kappa shape index (κ3) is 5.12. The first-order valence-electron chi connectivity index (χ1n) is 7.78. The summed E-state index contributed by atoms with van der Waals surface area (Å²) in [7, 11) is 0. The first-order valence-corrected chi connectivity index (χ1v) is 7.78. The van der Waals surface area contributed by atoms with Crippen LogP contribution >= 0.6 is 0 Å². The quantitative estimate of drug-likeness (QED) is 0.829. The number of carbonyl (C=O) groups excluding carboxylic acids is 2. The highest BCUT2D eigenvalue weighted by atomic mass is 16.5. The van der Waals surface area contributed by atoms with Crippen molar-refractivity contribution in [1.82, 2.24) is 10.9 Å². The number of benzene rings is 2. The summed E-state index contributed by atoms with van der Waals surface area (Å²) >= 11 is 0. The van der Waals surface area contributed by atoms with Crippen molar-refractivity contribution in [2.24, 2.45) is 0 Å². The Morgan fingerprint density at radius 1 is 0.875 bits per heavy atom. The van der Waals surface area contributed by atoms with E-state index >= 15 is 0 Å². The van der Waals surface area contributed by atoms with Crippen LogP contribution in [-0.2, 0) is 16.0 Å². The van der Waals surface area contributed by atoms with Gasteiger partial charge in [0.2, 0.25) is 5.91 Å². The van der Waals surface area contributed by atoms with Gasteiger partial charge in [-0.15, -0.1) is 0 Å². The molecule has 0 spiro atoms. The molecule has 0 aliphatic carbocycles. The molecule has 0 atom stereocenters. The third-order valence-corrected chi connectivity index (χ3v) is 3.58. The summed E-state index contributed by atoms with van der Waals surface area (Å²) in [5, 5.41) is 0. The van der Waals surface area contributed by atoms with Crippen LogP contribution in [0.25, 0.3) is 0 Å². The van der Waals surface area contributed by atoms with Crippen LogP contribution in [0.4, 0.5) is 0 Å². The summed E-state index contributed by atoms with van der Waals surface area (Å²) < 4.78 is 5.53. The van der Waals surface area contributed by atoms with Crippen molar-refractivity contribution < 1.29 is 14.3 Å². The molecule has 0 radical (unpaired) electrons. The van der Waals surface area contributed by atoms with Gasteiger partial charge < -0.3 is 4.74 Å². The Labute approximate surface area is 142 Å². The summed E-state index contributed by atoms with van der Waals surface area (Å²) in [6.45, 7) is 5.67. The van der Waals surface area contributed by atoms with Gasteiger partial charge >= 0.3 is 0 Å². The van der Waals surface area contributed by atoms with Gasteiger partial charge in [-0.2, -0.15) is 0 Å². The molecule has 0 fully saturated rings. The summed E-state index contributed by atoms with van der Waals surface area (Å²) in [5.41, 5.74) is 8.70. The van der Waals surface area contributed by atoms with Crippen molar-refractivity contribution in [3.63, 3.8) is 0 Å². The Bertz CT molecular complexity index is 704. The first-order chi connectivity index (χ1) is 11.5. The van der Waals surface area contributed by atoms with Crippen LogP contribution in [0.3, 0.4) is 0 Å². The molecule has 126 valence electrons. The minimum Gasteiger partial charge on any atom is -0.483 e. The molecule has 0 heterocycles. The molecule has 0 unspecified atom stereocenters. The molecule has 2 amide bonds. The number of hydrogen-bond donors (Lipinski definition) is 2. The maximum atomic E-state index is 11.8. The van der Waals surface area contributed by atoms with Gasteiger partial charge in [0.25, 0.3) is 5.91 Å². The Morgan fingerprint density at radius 3 is 2.08 bits per heavy atom. The van der Waals surface area contributed by atoms with Crippen LogP contribution in [0.15, 0.2) is 42.5 Å². The topological polar surface area (TPSA) is 67.4 Å². The van der Waals surface area contributed by atoms with Gasteiger partial charge in [0, 0.05) is 0 Å². The van der Waals surface area contributed by atoms with Gasteiger partial charge in [0.1, 0.15) is 5.75 Å². The monoisotopic (exact) mass is 326 g/mol. The third-order valence-electron chi connectivity index (χ3n) is 3.58. The number of nitrogens with one attached hydrogen (secondary N) is 2. The van der Waals surface area contributed by atoms with E-state index in [0.717, 1.165) is 22.3 Å². The van der Waals surface area contributed by atoms with Crippen LogP contribution in [0.5, 0.6) is 5.75 Å². The van der Waals surface area contributed by atoms with Crippen LogP contribution < -0.4 is 15.6 Å². The second-order valence-corrected chi connectivity index (χ2v) is 5.77. The fraction of sp³-hybridized carbons (Fsp3) is 0.263. The fourth-order valence-electron chi connectivity index (χ4n) is 2.28. The van der Waals surface area contributed by atoms with Crippen molar-refractivity contribution in [2.45, 2.75) is 27.2 Å². The van der Waals surface area contributed by atoms with Gasteiger partial charge in [-0.1, -0.05) is 48.0 Å². The molecule has 2 rings (SSSR count). The van der Waals surface area contributed by atoms with E-state index in [4.69, 9.17) is 4.74 Å². The van der Waals surface area contributed by atoms with E-state index in [1.54, 1.807) is 0 Å². The Morgan fingerprint density at radius 2 is 1.46 bits per heavy atom. The Hall–Kier alpha value is -2.82. The molecule has 0 saturated heterocycles. The maximum Gasteiger partial charge on any atom is 0.276 e. The van der Waals surface area contributed by atoms with Gasteiger partial charge in [-0.3, -0.25) is 20.4 Å². The number of hydrazine groups is 1. The first kappa shape index (κ1) is 17.5. The van der Waals surface area contributed by atoms with Gasteiger partial charge in [0.15, 0.2) is 6.61 Å². The van der Waals surface area contributed by atoms with Crippen LogP contribution in [-0.4, -0.2) is 18.4 Å². The maximum absolute atomic E-state index is 11.8. The Kier molecular flexibility index (Phi) is 5.95. The van der Waals surface area contributed by atoms with E-state index in [9.17, 15) is 9.59 Å². The highest BCUT2D eigenvalue weighted by molar-refractivity contribution is 5.83. The average molecular weight is 326 g/mol. The summed E-state index contributed by atoms with van der Waals surface area (Å²) in [6.07, 6.45) is 0.207. The number of para-hydroxylation sites is 1. The zero-order chi connectivity index (χ0) is 17.5. The summed E-state index contributed by atoms with van der Waals surface area (Å²) in [5.74, 6) is 0.00724. The van der Waals surface area contributed by atoms with E-state index in [1.807, 2.05) is 63.2 Å². The second kappa shape index (κ2) is 8.15. The zero-order valence-electron chi connectivity index (χ0n) is 14.2. The molecule has 5 heteroatoms. The van der Waals surface area contributed by atoms with Gasteiger partial charge in [0.05, 0.1) is 6.42 Å². The minimum absolute atomic E-state index is 0.156. The normalized spacial score (nSPS) is 10.1. The van der Waals surface area contributed by atoms with Crippen molar-refractivity contribution in [2.75, 3.05) is 6.61 Å².